The second-order valence-electron chi connectivity index (χ2n) is 3.19. The lowest BCUT2D eigenvalue weighted by Gasteiger charge is -2.15. The van der Waals surface area contributed by atoms with E-state index in [1.165, 1.54) is 0 Å². The zero-order chi connectivity index (χ0) is 10.4. The standard InChI is InChI=1S/C8H12BN3O2/c1-2-3-13-6-4-8(9)14-7(6)5-11-12-10/h1,6-8H,3-5,9H2. The molecule has 0 aliphatic carbocycles. The maximum absolute atomic E-state index is 8.18. The Morgan fingerprint density at radius 3 is 3.21 bits per heavy atom. The van der Waals surface area contributed by atoms with Crippen LogP contribution in [-0.2, 0) is 9.47 Å². The van der Waals surface area contributed by atoms with Gasteiger partial charge < -0.3 is 9.47 Å². The maximum atomic E-state index is 8.18. The molecule has 1 fully saturated rings. The zero-order valence-electron chi connectivity index (χ0n) is 8.09. The van der Waals surface area contributed by atoms with E-state index in [4.69, 9.17) is 21.4 Å². The van der Waals surface area contributed by atoms with E-state index in [9.17, 15) is 0 Å². The number of hydrogen-bond donors (Lipinski definition) is 0. The minimum absolute atomic E-state index is 0.0495. The van der Waals surface area contributed by atoms with Gasteiger partial charge in [0.05, 0.1) is 18.8 Å². The van der Waals surface area contributed by atoms with Gasteiger partial charge in [-0.3, -0.25) is 0 Å². The molecule has 1 heterocycles. The summed E-state index contributed by atoms with van der Waals surface area (Å²) in [6, 6.07) is 0.136. The van der Waals surface area contributed by atoms with Gasteiger partial charge in [0.1, 0.15) is 14.5 Å². The van der Waals surface area contributed by atoms with Crippen LogP contribution in [0.2, 0.25) is 0 Å². The van der Waals surface area contributed by atoms with Crippen LogP contribution < -0.4 is 0 Å². The van der Waals surface area contributed by atoms with Gasteiger partial charge in [-0.05, 0) is 12.0 Å². The highest BCUT2D eigenvalue weighted by Crippen LogP contribution is 2.21. The van der Waals surface area contributed by atoms with E-state index in [1.807, 2.05) is 7.85 Å². The van der Waals surface area contributed by atoms with Crippen LogP contribution in [0, 0.1) is 12.3 Å². The van der Waals surface area contributed by atoms with E-state index < -0.39 is 0 Å². The highest BCUT2D eigenvalue weighted by atomic mass is 16.6. The molecular weight excluding hydrogens is 181 g/mol. The van der Waals surface area contributed by atoms with Crippen molar-refractivity contribution in [2.75, 3.05) is 13.2 Å². The average molecular weight is 193 g/mol. The van der Waals surface area contributed by atoms with Crippen molar-refractivity contribution < 1.29 is 9.47 Å². The lowest BCUT2D eigenvalue weighted by atomic mass is 9.96. The summed E-state index contributed by atoms with van der Waals surface area (Å²) in [7, 11) is 1.96. The van der Waals surface area contributed by atoms with E-state index in [1.54, 1.807) is 0 Å². The predicted octanol–water partition coefficient (Wildman–Crippen LogP) is 0.0632. The number of terminal acetylenes is 1. The molecular formula is C8H12BN3O2. The summed E-state index contributed by atoms with van der Waals surface area (Å²) < 4.78 is 10.9. The van der Waals surface area contributed by atoms with Crippen LogP contribution in [0.3, 0.4) is 0 Å². The molecule has 0 aromatic heterocycles. The molecule has 1 aliphatic heterocycles. The van der Waals surface area contributed by atoms with Gasteiger partial charge in [-0.25, -0.2) is 0 Å². The molecule has 0 amide bonds. The molecule has 1 aliphatic rings. The molecule has 0 spiro atoms. The minimum Gasteiger partial charge on any atom is -0.381 e. The van der Waals surface area contributed by atoms with Crippen LogP contribution in [0.4, 0.5) is 0 Å². The lowest BCUT2D eigenvalue weighted by molar-refractivity contribution is 0.00430. The van der Waals surface area contributed by atoms with E-state index in [-0.39, 0.29) is 24.8 Å². The summed E-state index contributed by atoms with van der Waals surface area (Å²) in [6.07, 6.45) is 5.68. The Kier molecular flexibility index (Phi) is 4.34. The van der Waals surface area contributed by atoms with Crippen LogP contribution >= 0.6 is 0 Å². The van der Waals surface area contributed by atoms with Crippen molar-refractivity contribution in [3.63, 3.8) is 0 Å². The van der Waals surface area contributed by atoms with E-state index >= 15 is 0 Å². The molecule has 6 heteroatoms. The number of azide groups is 1. The van der Waals surface area contributed by atoms with Gasteiger partial charge >= 0.3 is 0 Å². The fourth-order valence-electron chi connectivity index (χ4n) is 1.53. The van der Waals surface area contributed by atoms with E-state index in [0.29, 0.717) is 6.54 Å². The number of nitrogens with zero attached hydrogens (tertiary/aromatic N) is 3. The van der Waals surface area contributed by atoms with Crippen LogP contribution in [0.1, 0.15) is 6.42 Å². The number of ether oxygens (including phenoxy) is 2. The quantitative estimate of drug-likeness (QED) is 0.208. The van der Waals surface area contributed by atoms with Crippen molar-refractivity contribution >= 4 is 7.85 Å². The van der Waals surface area contributed by atoms with Crippen LogP contribution in [-0.4, -0.2) is 39.2 Å². The number of rotatable bonds is 4. The Morgan fingerprint density at radius 2 is 2.57 bits per heavy atom. The normalized spacial score (nSPS) is 30.6. The summed E-state index contributed by atoms with van der Waals surface area (Å²) in [5.74, 6) is 2.40. The number of hydrogen-bond acceptors (Lipinski definition) is 3. The third kappa shape index (κ3) is 2.97. The second-order valence-corrected chi connectivity index (χ2v) is 3.19. The lowest BCUT2D eigenvalue weighted by Crippen LogP contribution is -2.27. The van der Waals surface area contributed by atoms with Crippen molar-refractivity contribution in [2.45, 2.75) is 24.6 Å². The van der Waals surface area contributed by atoms with Gasteiger partial charge in [0.2, 0.25) is 0 Å². The van der Waals surface area contributed by atoms with Gasteiger partial charge in [-0.1, -0.05) is 11.0 Å². The first-order chi connectivity index (χ1) is 6.77. The van der Waals surface area contributed by atoms with Gasteiger partial charge in [-0.15, -0.1) is 6.42 Å². The monoisotopic (exact) mass is 193 g/mol. The molecule has 1 saturated heterocycles. The van der Waals surface area contributed by atoms with Crippen molar-refractivity contribution in [1.82, 2.24) is 0 Å². The first kappa shape index (κ1) is 10.9. The van der Waals surface area contributed by atoms with Crippen molar-refractivity contribution in [3.8, 4) is 12.3 Å². The molecule has 0 aromatic carbocycles. The van der Waals surface area contributed by atoms with Crippen LogP contribution in [0.15, 0.2) is 5.11 Å². The first-order valence-electron chi connectivity index (χ1n) is 4.49. The fourth-order valence-corrected chi connectivity index (χ4v) is 1.53. The third-order valence-corrected chi connectivity index (χ3v) is 2.09. The fraction of sp³-hybridized carbons (Fsp3) is 0.750. The summed E-state index contributed by atoms with van der Waals surface area (Å²) in [6.45, 7) is 0.573. The Morgan fingerprint density at radius 1 is 1.79 bits per heavy atom. The highest BCUT2D eigenvalue weighted by molar-refractivity contribution is 6.11. The smallest absolute Gasteiger partial charge is 0.139 e. The SMILES string of the molecule is BC1CC(OCC#C)C(CN=[N+]=[N-])O1. The molecule has 5 nitrogen and oxygen atoms in total. The van der Waals surface area contributed by atoms with E-state index in [2.05, 4.69) is 15.9 Å². The summed E-state index contributed by atoms with van der Waals surface area (Å²) in [4.78, 5) is 2.69. The van der Waals surface area contributed by atoms with Gasteiger partial charge in [0.25, 0.3) is 0 Å². The molecule has 74 valence electrons. The Hall–Kier alpha value is -1.15. The third-order valence-electron chi connectivity index (χ3n) is 2.09. The van der Waals surface area contributed by atoms with E-state index in [0.717, 1.165) is 6.42 Å². The molecule has 14 heavy (non-hydrogen) atoms. The molecule has 0 saturated carbocycles. The van der Waals surface area contributed by atoms with Crippen LogP contribution in [0.25, 0.3) is 10.4 Å². The minimum atomic E-state index is -0.158. The summed E-state index contributed by atoms with van der Waals surface area (Å²) in [5.41, 5.74) is 8.18. The average Bonchev–Trinajstić information content (AvgIpc) is 2.52. The molecule has 0 N–H and O–H groups in total. The largest absolute Gasteiger partial charge is 0.381 e. The Bertz CT molecular complexity index is 272. The molecule has 0 bridgehead atoms. The van der Waals surface area contributed by atoms with Crippen molar-refractivity contribution in [3.05, 3.63) is 10.4 Å². The summed E-state index contributed by atoms with van der Waals surface area (Å²) in [5, 5.41) is 3.47. The van der Waals surface area contributed by atoms with Crippen LogP contribution in [0.5, 0.6) is 0 Å². The van der Waals surface area contributed by atoms with Crippen molar-refractivity contribution in [1.29, 1.82) is 0 Å². The molecule has 0 aromatic rings. The molecule has 1 rings (SSSR count). The summed E-state index contributed by atoms with van der Waals surface area (Å²) >= 11 is 0. The highest BCUT2D eigenvalue weighted by Gasteiger charge is 2.32. The molecule has 3 atom stereocenters. The maximum Gasteiger partial charge on any atom is 0.139 e. The second kappa shape index (κ2) is 5.56. The first-order valence-corrected chi connectivity index (χ1v) is 4.49. The predicted molar refractivity (Wildman–Crippen MR) is 54.4 cm³/mol. The van der Waals surface area contributed by atoms with Gasteiger partial charge in [-0.2, -0.15) is 0 Å². The molecule has 3 unspecified atom stereocenters. The molecule has 0 radical (unpaired) electrons. The topological polar surface area (TPSA) is 67.2 Å². The van der Waals surface area contributed by atoms with Gasteiger partial charge in [0.15, 0.2) is 0 Å². The van der Waals surface area contributed by atoms with Crippen molar-refractivity contribution in [2.24, 2.45) is 5.11 Å². The zero-order valence-corrected chi connectivity index (χ0v) is 8.09. The Labute approximate surface area is 83.8 Å². The van der Waals surface area contributed by atoms with Gasteiger partial charge in [0, 0.05) is 10.9 Å². The Balaban J connectivity index is 2.45.